The zero-order valence-electron chi connectivity index (χ0n) is 12.1. The molecule has 1 aromatic carbocycles. The first-order valence-corrected chi connectivity index (χ1v) is 6.64. The smallest absolute Gasteiger partial charge is 0.0850 e. The molecule has 2 aromatic rings. The highest BCUT2D eigenvalue weighted by molar-refractivity contribution is 5.39. The molecule has 2 heteroatoms. The maximum absolute atomic E-state index is 10.5. The maximum atomic E-state index is 10.5. The van der Waals surface area contributed by atoms with Crippen LogP contribution in [0, 0.1) is 27.7 Å². The molecule has 19 heavy (non-hydrogen) atoms. The molecule has 2 nitrogen and oxygen atoms in total. The molecule has 0 aliphatic heterocycles. The van der Waals surface area contributed by atoms with Crippen LogP contribution in [0.5, 0.6) is 0 Å². The molecule has 1 heterocycles. The van der Waals surface area contributed by atoms with Crippen LogP contribution in [0.25, 0.3) is 0 Å². The second-order valence-electron chi connectivity index (χ2n) is 5.36. The Labute approximate surface area is 115 Å². The standard InChI is InChI=1S/C17H21NO/c1-11-5-6-15(18-10-11)9-16(19)17-13(3)7-12(2)8-14(17)4/h5-8,10,16,19H,9H2,1-4H3. The summed E-state index contributed by atoms with van der Waals surface area (Å²) in [5.74, 6) is 0. The van der Waals surface area contributed by atoms with Gasteiger partial charge >= 0.3 is 0 Å². The minimum Gasteiger partial charge on any atom is -0.388 e. The second kappa shape index (κ2) is 5.54. The zero-order valence-corrected chi connectivity index (χ0v) is 12.1. The van der Waals surface area contributed by atoms with E-state index in [4.69, 9.17) is 0 Å². The lowest BCUT2D eigenvalue weighted by Crippen LogP contribution is -2.07. The van der Waals surface area contributed by atoms with Gasteiger partial charge in [-0.3, -0.25) is 4.98 Å². The number of aliphatic hydroxyl groups excluding tert-OH is 1. The van der Waals surface area contributed by atoms with Gasteiger partial charge in [-0.15, -0.1) is 0 Å². The Balaban J connectivity index is 2.25. The molecule has 1 aromatic heterocycles. The molecule has 0 fully saturated rings. The van der Waals surface area contributed by atoms with Crippen LogP contribution in [0.1, 0.15) is 39.6 Å². The molecule has 0 saturated heterocycles. The van der Waals surface area contributed by atoms with Gasteiger partial charge in [-0.1, -0.05) is 23.8 Å². The van der Waals surface area contributed by atoms with Gasteiger partial charge < -0.3 is 5.11 Å². The van der Waals surface area contributed by atoms with E-state index in [1.807, 2.05) is 25.3 Å². The number of aromatic nitrogens is 1. The number of pyridine rings is 1. The number of nitrogens with zero attached hydrogens (tertiary/aromatic N) is 1. The van der Waals surface area contributed by atoms with Gasteiger partial charge in [0.25, 0.3) is 0 Å². The van der Waals surface area contributed by atoms with E-state index >= 15 is 0 Å². The largest absolute Gasteiger partial charge is 0.388 e. The summed E-state index contributed by atoms with van der Waals surface area (Å²) in [4.78, 5) is 4.36. The van der Waals surface area contributed by atoms with Crippen molar-refractivity contribution in [3.63, 3.8) is 0 Å². The van der Waals surface area contributed by atoms with Crippen molar-refractivity contribution in [3.8, 4) is 0 Å². The minimum absolute atomic E-state index is 0.490. The van der Waals surface area contributed by atoms with Crippen molar-refractivity contribution in [1.82, 2.24) is 4.98 Å². The van der Waals surface area contributed by atoms with Crippen molar-refractivity contribution in [3.05, 3.63) is 64.0 Å². The van der Waals surface area contributed by atoms with E-state index in [0.29, 0.717) is 6.42 Å². The molecule has 0 saturated carbocycles. The molecule has 100 valence electrons. The Hall–Kier alpha value is -1.67. The Morgan fingerprint density at radius 1 is 1.00 bits per heavy atom. The van der Waals surface area contributed by atoms with Gasteiger partial charge in [-0.2, -0.15) is 0 Å². The highest BCUT2D eigenvalue weighted by atomic mass is 16.3. The van der Waals surface area contributed by atoms with E-state index in [0.717, 1.165) is 27.9 Å². The predicted molar refractivity (Wildman–Crippen MR) is 78.3 cm³/mol. The number of hydrogen-bond acceptors (Lipinski definition) is 2. The number of aryl methyl sites for hydroxylation is 4. The lowest BCUT2D eigenvalue weighted by atomic mass is 9.93. The van der Waals surface area contributed by atoms with Crippen LogP contribution < -0.4 is 0 Å². The SMILES string of the molecule is Cc1ccc(CC(O)c2c(C)cc(C)cc2C)nc1. The van der Waals surface area contributed by atoms with Crippen molar-refractivity contribution >= 4 is 0 Å². The molecular formula is C17H21NO. The lowest BCUT2D eigenvalue weighted by Gasteiger charge is -2.17. The maximum Gasteiger partial charge on any atom is 0.0850 e. The molecule has 0 aliphatic rings. The molecule has 0 bridgehead atoms. The summed E-state index contributed by atoms with van der Waals surface area (Å²) in [6.07, 6.45) is 1.91. The van der Waals surface area contributed by atoms with Gasteiger partial charge in [-0.05, 0) is 56.0 Å². The zero-order chi connectivity index (χ0) is 14.0. The van der Waals surface area contributed by atoms with E-state index in [2.05, 4.69) is 37.9 Å². The van der Waals surface area contributed by atoms with E-state index in [1.54, 1.807) is 0 Å². The average Bonchev–Trinajstić information content (AvgIpc) is 2.30. The van der Waals surface area contributed by atoms with Gasteiger partial charge in [0.15, 0.2) is 0 Å². The minimum atomic E-state index is -0.490. The molecule has 0 radical (unpaired) electrons. The van der Waals surface area contributed by atoms with Crippen molar-refractivity contribution in [2.75, 3.05) is 0 Å². The van der Waals surface area contributed by atoms with Crippen molar-refractivity contribution in [2.45, 2.75) is 40.2 Å². The molecule has 2 rings (SSSR count). The van der Waals surface area contributed by atoms with Crippen LogP contribution in [0.4, 0.5) is 0 Å². The van der Waals surface area contributed by atoms with E-state index in [-0.39, 0.29) is 0 Å². The van der Waals surface area contributed by atoms with E-state index in [1.165, 1.54) is 5.56 Å². The highest BCUT2D eigenvalue weighted by Crippen LogP contribution is 2.25. The Morgan fingerprint density at radius 2 is 1.63 bits per heavy atom. The molecular weight excluding hydrogens is 234 g/mol. The van der Waals surface area contributed by atoms with Gasteiger partial charge in [0.1, 0.15) is 0 Å². The Bertz CT molecular complexity index is 549. The number of hydrogen-bond donors (Lipinski definition) is 1. The van der Waals surface area contributed by atoms with E-state index in [9.17, 15) is 5.11 Å². The number of benzene rings is 1. The number of aliphatic hydroxyl groups is 1. The first-order valence-electron chi connectivity index (χ1n) is 6.64. The van der Waals surface area contributed by atoms with Crippen molar-refractivity contribution < 1.29 is 5.11 Å². The monoisotopic (exact) mass is 255 g/mol. The van der Waals surface area contributed by atoms with Crippen LogP contribution in [0.2, 0.25) is 0 Å². The third-order valence-electron chi connectivity index (χ3n) is 3.45. The first kappa shape index (κ1) is 13.8. The molecule has 1 unspecified atom stereocenters. The Morgan fingerprint density at radius 3 is 2.16 bits per heavy atom. The highest BCUT2D eigenvalue weighted by Gasteiger charge is 2.14. The van der Waals surface area contributed by atoms with Crippen LogP contribution in [0.3, 0.4) is 0 Å². The molecule has 1 N–H and O–H groups in total. The van der Waals surface area contributed by atoms with Crippen LogP contribution in [-0.2, 0) is 6.42 Å². The summed E-state index contributed by atoms with van der Waals surface area (Å²) >= 11 is 0. The van der Waals surface area contributed by atoms with Crippen LogP contribution >= 0.6 is 0 Å². The fraction of sp³-hybridized carbons (Fsp3) is 0.353. The molecule has 0 amide bonds. The molecule has 0 aliphatic carbocycles. The summed E-state index contributed by atoms with van der Waals surface area (Å²) in [5.41, 5.74) is 6.64. The molecule has 1 atom stereocenters. The average molecular weight is 255 g/mol. The fourth-order valence-electron chi connectivity index (χ4n) is 2.64. The third-order valence-corrected chi connectivity index (χ3v) is 3.45. The fourth-order valence-corrected chi connectivity index (χ4v) is 2.64. The predicted octanol–water partition coefficient (Wildman–Crippen LogP) is 3.59. The van der Waals surface area contributed by atoms with Gasteiger partial charge in [-0.25, -0.2) is 0 Å². The van der Waals surface area contributed by atoms with E-state index < -0.39 is 6.10 Å². The van der Waals surface area contributed by atoms with Crippen molar-refractivity contribution in [1.29, 1.82) is 0 Å². The van der Waals surface area contributed by atoms with Gasteiger partial charge in [0.2, 0.25) is 0 Å². The second-order valence-corrected chi connectivity index (χ2v) is 5.36. The quantitative estimate of drug-likeness (QED) is 0.909. The van der Waals surface area contributed by atoms with Crippen molar-refractivity contribution in [2.24, 2.45) is 0 Å². The summed E-state index contributed by atoms with van der Waals surface area (Å²) in [6.45, 7) is 8.21. The summed E-state index contributed by atoms with van der Waals surface area (Å²) in [7, 11) is 0. The molecule has 0 spiro atoms. The number of rotatable bonds is 3. The van der Waals surface area contributed by atoms with Gasteiger partial charge in [0, 0.05) is 18.3 Å². The lowest BCUT2D eigenvalue weighted by molar-refractivity contribution is 0.175. The normalized spacial score (nSPS) is 12.5. The Kier molecular flexibility index (Phi) is 4.01. The van der Waals surface area contributed by atoms with Crippen LogP contribution in [0.15, 0.2) is 30.5 Å². The summed E-state index contributed by atoms with van der Waals surface area (Å²) in [6, 6.07) is 8.25. The topological polar surface area (TPSA) is 33.1 Å². The van der Waals surface area contributed by atoms with Gasteiger partial charge in [0.05, 0.1) is 6.10 Å². The van der Waals surface area contributed by atoms with Crippen LogP contribution in [-0.4, -0.2) is 10.1 Å². The summed E-state index contributed by atoms with van der Waals surface area (Å²) < 4.78 is 0. The third kappa shape index (κ3) is 3.21. The first-order chi connectivity index (χ1) is 8.97. The summed E-state index contributed by atoms with van der Waals surface area (Å²) in [5, 5.41) is 10.5.